The molecule has 1 aromatic carbocycles. The van der Waals surface area contributed by atoms with Gasteiger partial charge in [0, 0.05) is 13.2 Å². The Labute approximate surface area is 121 Å². The molecule has 0 aliphatic rings. The molecule has 1 aromatic heterocycles. The van der Waals surface area contributed by atoms with E-state index in [-0.39, 0.29) is 6.61 Å². The highest BCUT2D eigenvalue weighted by molar-refractivity contribution is 6.42. The van der Waals surface area contributed by atoms with Gasteiger partial charge in [0.15, 0.2) is 0 Å². The first-order valence-electron chi connectivity index (χ1n) is 5.89. The minimum absolute atomic E-state index is 0.183. The van der Waals surface area contributed by atoms with Gasteiger partial charge in [-0.2, -0.15) is 0 Å². The second-order valence-corrected chi connectivity index (χ2v) is 4.82. The number of hydrogen-bond acceptors (Lipinski definition) is 4. The van der Waals surface area contributed by atoms with Crippen LogP contribution in [0.2, 0.25) is 10.0 Å². The van der Waals surface area contributed by atoms with Crippen LogP contribution in [0.5, 0.6) is 0 Å². The van der Waals surface area contributed by atoms with Crippen molar-refractivity contribution < 1.29 is 5.11 Å². The monoisotopic (exact) mass is 300 g/mol. The van der Waals surface area contributed by atoms with Crippen LogP contribution in [0.3, 0.4) is 0 Å². The maximum absolute atomic E-state index is 8.67. The van der Waals surface area contributed by atoms with Gasteiger partial charge >= 0.3 is 0 Å². The molecule has 0 saturated heterocycles. The number of aromatic nitrogens is 3. The summed E-state index contributed by atoms with van der Waals surface area (Å²) < 4.78 is 1.64. The molecule has 0 spiro atoms. The molecule has 102 valence electrons. The minimum Gasteiger partial charge on any atom is -0.396 e. The second kappa shape index (κ2) is 6.86. The average Bonchev–Trinajstić information content (AvgIpc) is 2.87. The molecule has 19 heavy (non-hydrogen) atoms. The molecule has 7 heteroatoms. The lowest BCUT2D eigenvalue weighted by Crippen LogP contribution is -2.15. The van der Waals surface area contributed by atoms with Crippen molar-refractivity contribution in [1.82, 2.24) is 20.3 Å². The van der Waals surface area contributed by atoms with E-state index in [1.165, 1.54) is 0 Å². The lowest BCUT2D eigenvalue weighted by molar-refractivity contribution is 0.286. The molecule has 0 aliphatic heterocycles. The standard InChI is InChI=1S/C12H14Cl2N4O/c13-11-3-2-10(6-12(11)14)18-8-9(16-17-18)7-15-4-1-5-19/h2-3,6,8,15,19H,1,4-5,7H2. The fourth-order valence-corrected chi connectivity index (χ4v) is 1.85. The van der Waals surface area contributed by atoms with Crippen molar-refractivity contribution in [2.24, 2.45) is 0 Å². The summed E-state index contributed by atoms with van der Waals surface area (Å²) in [5.74, 6) is 0. The molecule has 2 rings (SSSR count). The van der Waals surface area contributed by atoms with Crippen molar-refractivity contribution >= 4 is 23.2 Å². The van der Waals surface area contributed by atoms with Crippen molar-refractivity contribution in [3.05, 3.63) is 40.1 Å². The van der Waals surface area contributed by atoms with Crippen LogP contribution in [0.25, 0.3) is 5.69 Å². The highest BCUT2D eigenvalue weighted by Crippen LogP contribution is 2.24. The molecule has 0 saturated carbocycles. The Morgan fingerprint density at radius 3 is 2.84 bits per heavy atom. The molecular weight excluding hydrogens is 287 g/mol. The first-order valence-corrected chi connectivity index (χ1v) is 6.64. The van der Waals surface area contributed by atoms with Crippen molar-refractivity contribution in [3.63, 3.8) is 0 Å². The molecule has 0 bridgehead atoms. The lowest BCUT2D eigenvalue weighted by atomic mass is 10.3. The highest BCUT2D eigenvalue weighted by Gasteiger charge is 2.05. The van der Waals surface area contributed by atoms with Crippen LogP contribution in [0, 0.1) is 0 Å². The van der Waals surface area contributed by atoms with E-state index in [1.807, 2.05) is 12.3 Å². The molecule has 0 amide bonds. The van der Waals surface area contributed by atoms with E-state index in [0.717, 1.165) is 24.3 Å². The van der Waals surface area contributed by atoms with Gasteiger partial charge in [-0.25, -0.2) is 4.68 Å². The van der Waals surface area contributed by atoms with Crippen LogP contribution in [0.15, 0.2) is 24.4 Å². The maximum atomic E-state index is 8.67. The summed E-state index contributed by atoms with van der Waals surface area (Å²) in [4.78, 5) is 0. The largest absolute Gasteiger partial charge is 0.396 e. The molecule has 0 fully saturated rings. The van der Waals surface area contributed by atoms with Crippen molar-refractivity contribution in [1.29, 1.82) is 0 Å². The molecule has 0 radical (unpaired) electrons. The lowest BCUT2D eigenvalue weighted by Gasteiger charge is -2.02. The van der Waals surface area contributed by atoms with E-state index < -0.39 is 0 Å². The summed E-state index contributed by atoms with van der Waals surface area (Å²) in [6.07, 6.45) is 2.55. The molecule has 0 unspecified atom stereocenters. The number of rotatable bonds is 6. The topological polar surface area (TPSA) is 63.0 Å². The third kappa shape index (κ3) is 3.91. The van der Waals surface area contributed by atoms with Gasteiger partial charge in [-0.15, -0.1) is 5.10 Å². The molecule has 5 nitrogen and oxygen atoms in total. The predicted molar refractivity (Wildman–Crippen MR) is 74.8 cm³/mol. The maximum Gasteiger partial charge on any atom is 0.0969 e. The van der Waals surface area contributed by atoms with Gasteiger partial charge in [0.05, 0.1) is 27.6 Å². The Morgan fingerprint density at radius 2 is 2.11 bits per heavy atom. The molecule has 0 atom stereocenters. The van der Waals surface area contributed by atoms with Crippen LogP contribution in [-0.4, -0.2) is 33.3 Å². The fourth-order valence-electron chi connectivity index (χ4n) is 1.55. The van der Waals surface area contributed by atoms with Crippen molar-refractivity contribution in [3.8, 4) is 5.69 Å². The Kier molecular flexibility index (Phi) is 5.15. The van der Waals surface area contributed by atoms with E-state index in [0.29, 0.717) is 16.6 Å². The summed E-state index contributed by atoms with van der Waals surface area (Å²) in [6.45, 7) is 1.54. The summed E-state index contributed by atoms with van der Waals surface area (Å²) in [5.41, 5.74) is 1.63. The summed E-state index contributed by atoms with van der Waals surface area (Å²) >= 11 is 11.8. The molecule has 1 heterocycles. The number of hydrogen-bond donors (Lipinski definition) is 2. The molecule has 2 N–H and O–H groups in total. The van der Waals surface area contributed by atoms with Gasteiger partial charge in [-0.1, -0.05) is 28.4 Å². The number of nitrogens with zero attached hydrogens (tertiary/aromatic N) is 3. The number of halogens is 2. The van der Waals surface area contributed by atoms with E-state index in [2.05, 4.69) is 15.6 Å². The van der Waals surface area contributed by atoms with E-state index in [4.69, 9.17) is 28.3 Å². The first kappa shape index (κ1) is 14.3. The van der Waals surface area contributed by atoms with Gasteiger partial charge in [-0.3, -0.25) is 0 Å². The average molecular weight is 301 g/mol. The van der Waals surface area contributed by atoms with Crippen molar-refractivity contribution in [2.45, 2.75) is 13.0 Å². The summed E-state index contributed by atoms with van der Waals surface area (Å²) in [6, 6.07) is 5.29. The Bertz CT molecular complexity index is 544. The van der Waals surface area contributed by atoms with Gasteiger partial charge < -0.3 is 10.4 Å². The SMILES string of the molecule is OCCCNCc1cn(-c2ccc(Cl)c(Cl)c2)nn1. The van der Waals surface area contributed by atoms with E-state index in [9.17, 15) is 0 Å². The van der Waals surface area contributed by atoms with Crippen LogP contribution in [0.1, 0.15) is 12.1 Å². The number of aliphatic hydroxyl groups is 1. The minimum atomic E-state index is 0.183. The molecular formula is C12H14Cl2N4O. The Balaban J connectivity index is 2.01. The predicted octanol–water partition coefficient (Wildman–Crippen LogP) is 2.05. The normalized spacial score (nSPS) is 10.9. The number of nitrogens with one attached hydrogen (secondary N) is 1. The van der Waals surface area contributed by atoms with Gasteiger partial charge in [-0.05, 0) is 31.2 Å². The van der Waals surface area contributed by atoms with E-state index >= 15 is 0 Å². The quantitative estimate of drug-likeness (QED) is 0.802. The molecule has 0 aliphatic carbocycles. The zero-order valence-corrected chi connectivity index (χ0v) is 11.7. The Hall–Kier alpha value is -1.14. The van der Waals surface area contributed by atoms with E-state index in [1.54, 1.807) is 16.8 Å². The third-order valence-electron chi connectivity index (χ3n) is 2.53. The molecule has 2 aromatic rings. The smallest absolute Gasteiger partial charge is 0.0969 e. The van der Waals surface area contributed by atoms with Gasteiger partial charge in [0.1, 0.15) is 0 Å². The van der Waals surface area contributed by atoms with Gasteiger partial charge in [0.25, 0.3) is 0 Å². The third-order valence-corrected chi connectivity index (χ3v) is 3.27. The number of benzene rings is 1. The van der Waals surface area contributed by atoms with Gasteiger partial charge in [0.2, 0.25) is 0 Å². The fraction of sp³-hybridized carbons (Fsp3) is 0.333. The summed E-state index contributed by atoms with van der Waals surface area (Å²) in [7, 11) is 0. The highest BCUT2D eigenvalue weighted by atomic mass is 35.5. The van der Waals surface area contributed by atoms with Crippen LogP contribution in [-0.2, 0) is 6.54 Å². The second-order valence-electron chi connectivity index (χ2n) is 4.01. The summed E-state index contributed by atoms with van der Waals surface area (Å²) in [5, 5.41) is 20.9. The Morgan fingerprint density at radius 1 is 1.26 bits per heavy atom. The van der Waals surface area contributed by atoms with Crippen molar-refractivity contribution in [2.75, 3.05) is 13.2 Å². The van der Waals surface area contributed by atoms with Crippen LogP contribution < -0.4 is 5.32 Å². The van der Waals surface area contributed by atoms with Crippen LogP contribution in [0.4, 0.5) is 0 Å². The zero-order valence-electron chi connectivity index (χ0n) is 10.2. The zero-order chi connectivity index (χ0) is 13.7. The van der Waals surface area contributed by atoms with Crippen LogP contribution >= 0.6 is 23.2 Å². The first-order chi connectivity index (χ1) is 9.20. The number of aliphatic hydroxyl groups excluding tert-OH is 1.